The molecule has 1 atom stereocenters. The van der Waals surface area contributed by atoms with Gasteiger partial charge in [0.25, 0.3) is 5.89 Å². The molecule has 9 nitrogen and oxygen atoms in total. The van der Waals surface area contributed by atoms with Gasteiger partial charge in [-0.2, -0.15) is 4.98 Å². The van der Waals surface area contributed by atoms with Crippen molar-refractivity contribution in [2.45, 2.75) is 57.8 Å². The summed E-state index contributed by atoms with van der Waals surface area (Å²) in [6.07, 6.45) is 8.09. The molecular formula is C20H29N5O4. The summed E-state index contributed by atoms with van der Waals surface area (Å²) in [5, 5.41) is 4.07. The number of hydrogen-bond donors (Lipinski definition) is 0. The van der Waals surface area contributed by atoms with E-state index in [1.807, 2.05) is 22.6 Å². The van der Waals surface area contributed by atoms with Crippen molar-refractivity contribution in [3.05, 3.63) is 29.9 Å². The third kappa shape index (κ3) is 4.67. The lowest BCUT2D eigenvalue weighted by molar-refractivity contribution is -0.147. The van der Waals surface area contributed by atoms with E-state index in [0.29, 0.717) is 25.0 Å². The molecule has 0 aromatic carbocycles. The Balaban J connectivity index is 1.30. The van der Waals surface area contributed by atoms with Crippen LogP contribution in [0.2, 0.25) is 0 Å². The summed E-state index contributed by atoms with van der Waals surface area (Å²) in [7, 11) is 1.61. The second-order valence-corrected chi connectivity index (χ2v) is 8.11. The maximum absolute atomic E-state index is 12.6. The lowest BCUT2D eigenvalue weighted by atomic mass is 9.78. The Morgan fingerprint density at radius 2 is 2.21 bits per heavy atom. The number of amides is 1. The lowest BCUT2D eigenvalue weighted by Gasteiger charge is -2.46. The van der Waals surface area contributed by atoms with E-state index in [9.17, 15) is 4.79 Å². The Bertz CT molecular complexity index is 824. The highest BCUT2D eigenvalue weighted by Crippen LogP contribution is 2.38. The van der Waals surface area contributed by atoms with Crippen LogP contribution in [0.15, 0.2) is 16.9 Å². The van der Waals surface area contributed by atoms with Crippen molar-refractivity contribution in [1.82, 2.24) is 24.6 Å². The molecule has 2 aliphatic rings. The van der Waals surface area contributed by atoms with Gasteiger partial charge in [0.1, 0.15) is 19.0 Å². The van der Waals surface area contributed by atoms with Gasteiger partial charge in [-0.05, 0) is 38.5 Å². The molecule has 2 aliphatic heterocycles. The number of rotatable bonds is 6. The van der Waals surface area contributed by atoms with Crippen LogP contribution in [0.25, 0.3) is 0 Å². The first kappa shape index (κ1) is 20.0. The van der Waals surface area contributed by atoms with E-state index in [1.54, 1.807) is 13.3 Å². The zero-order valence-corrected chi connectivity index (χ0v) is 17.2. The van der Waals surface area contributed by atoms with Crippen molar-refractivity contribution in [2.75, 3.05) is 26.8 Å². The fraction of sp³-hybridized carbons (Fsp3) is 0.700. The Hall–Kier alpha value is -2.26. The summed E-state index contributed by atoms with van der Waals surface area (Å²) in [5.41, 5.74) is -0.135. The Kier molecular flexibility index (Phi) is 5.96. The summed E-state index contributed by atoms with van der Waals surface area (Å²) in [6, 6.07) is 0. The predicted molar refractivity (Wildman–Crippen MR) is 103 cm³/mol. The normalized spacial score (nSPS) is 21.6. The highest BCUT2D eigenvalue weighted by molar-refractivity contribution is 5.76. The van der Waals surface area contributed by atoms with Crippen LogP contribution in [-0.2, 0) is 33.8 Å². The van der Waals surface area contributed by atoms with Gasteiger partial charge in [0.2, 0.25) is 5.91 Å². The molecular weight excluding hydrogens is 374 g/mol. The first-order valence-electron chi connectivity index (χ1n) is 10.3. The number of carbonyl (C=O) groups is 1. The second-order valence-electron chi connectivity index (χ2n) is 8.11. The molecule has 0 bridgehead atoms. The summed E-state index contributed by atoms with van der Waals surface area (Å²) in [4.78, 5) is 23.2. The first-order chi connectivity index (χ1) is 14.1. The van der Waals surface area contributed by atoms with E-state index < -0.39 is 0 Å². The molecule has 4 heterocycles. The molecule has 1 spiro atoms. The average Bonchev–Trinajstić information content (AvgIpc) is 3.32. The third-order valence-electron chi connectivity index (χ3n) is 6.10. The van der Waals surface area contributed by atoms with Crippen LogP contribution in [0, 0.1) is 12.8 Å². The minimum Gasteiger partial charge on any atom is -0.375 e. The van der Waals surface area contributed by atoms with E-state index in [4.69, 9.17) is 14.0 Å². The molecule has 1 unspecified atom stereocenters. The molecule has 9 heteroatoms. The Labute approximate surface area is 170 Å². The van der Waals surface area contributed by atoms with E-state index in [2.05, 4.69) is 15.1 Å². The number of likely N-dealkylation sites (tertiary alicyclic amines) is 1. The maximum atomic E-state index is 12.6. The summed E-state index contributed by atoms with van der Waals surface area (Å²) in [5.74, 6) is 2.73. The van der Waals surface area contributed by atoms with E-state index in [0.717, 1.165) is 63.4 Å². The van der Waals surface area contributed by atoms with Gasteiger partial charge in [-0.25, -0.2) is 4.98 Å². The third-order valence-corrected chi connectivity index (χ3v) is 6.10. The highest BCUT2D eigenvalue weighted by atomic mass is 16.5. The Morgan fingerprint density at radius 1 is 1.38 bits per heavy atom. The van der Waals surface area contributed by atoms with Gasteiger partial charge in [-0.15, -0.1) is 0 Å². The molecule has 2 aromatic rings. The number of methoxy groups -OCH3 is 1. The molecule has 2 aromatic heterocycles. The predicted octanol–water partition coefficient (Wildman–Crippen LogP) is 1.75. The quantitative estimate of drug-likeness (QED) is 0.725. The smallest absolute Gasteiger partial charge is 0.252 e. The van der Waals surface area contributed by atoms with Crippen LogP contribution in [0.5, 0.6) is 0 Å². The highest BCUT2D eigenvalue weighted by Gasteiger charge is 2.41. The average molecular weight is 403 g/mol. The van der Waals surface area contributed by atoms with Gasteiger partial charge in [0.05, 0.1) is 5.60 Å². The van der Waals surface area contributed by atoms with Crippen LogP contribution < -0.4 is 0 Å². The fourth-order valence-electron chi connectivity index (χ4n) is 4.45. The molecule has 2 saturated heterocycles. The van der Waals surface area contributed by atoms with Crippen LogP contribution in [-0.4, -0.2) is 62.9 Å². The number of aryl methyl sites for hydroxylation is 1. The molecule has 4 rings (SSSR count). The van der Waals surface area contributed by atoms with Gasteiger partial charge in [-0.3, -0.25) is 4.79 Å². The molecule has 0 aliphatic carbocycles. The van der Waals surface area contributed by atoms with E-state index in [1.165, 1.54) is 0 Å². The summed E-state index contributed by atoms with van der Waals surface area (Å²) < 4.78 is 18.4. The standard InChI is InChI=1S/C20H29N5O4/c1-15-21-6-9-25(15)13-19(26)24-7-4-20(5-8-24)12-16(3-10-28-20)11-17-22-18(14-27-2)29-23-17/h6,9,16H,3-5,7-8,10-14H2,1-2H3. The van der Waals surface area contributed by atoms with Gasteiger partial charge in [0, 0.05) is 45.6 Å². The molecule has 0 saturated carbocycles. The minimum atomic E-state index is -0.135. The molecule has 2 fully saturated rings. The van der Waals surface area contributed by atoms with Crippen molar-refractivity contribution in [1.29, 1.82) is 0 Å². The number of imidazole rings is 1. The summed E-state index contributed by atoms with van der Waals surface area (Å²) >= 11 is 0. The molecule has 29 heavy (non-hydrogen) atoms. The van der Waals surface area contributed by atoms with E-state index >= 15 is 0 Å². The fourth-order valence-corrected chi connectivity index (χ4v) is 4.45. The number of aromatic nitrogens is 4. The van der Waals surface area contributed by atoms with Gasteiger partial charge >= 0.3 is 0 Å². The van der Waals surface area contributed by atoms with Gasteiger partial charge < -0.3 is 23.5 Å². The van der Waals surface area contributed by atoms with Crippen LogP contribution in [0.1, 0.15) is 43.2 Å². The summed E-state index contributed by atoms with van der Waals surface area (Å²) in [6.45, 7) is 4.82. The number of carbonyl (C=O) groups excluding carboxylic acids is 1. The molecule has 0 N–H and O–H groups in total. The van der Waals surface area contributed by atoms with Gasteiger partial charge in [0.15, 0.2) is 5.82 Å². The molecule has 0 radical (unpaired) electrons. The zero-order valence-electron chi connectivity index (χ0n) is 17.2. The largest absolute Gasteiger partial charge is 0.375 e. The molecule has 158 valence electrons. The van der Waals surface area contributed by atoms with Crippen LogP contribution in [0.3, 0.4) is 0 Å². The number of nitrogens with zero attached hydrogens (tertiary/aromatic N) is 5. The van der Waals surface area contributed by atoms with Crippen molar-refractivity contribution in [2.24, 2.45) is 5.92 Å². The molecule has 1 amide bonds. The zero-order chi connectivity index (χ0) is 20.3. The lowest BCUT2D eigenvalue weighted by Crippen LogP contribution is -2.51. The monoisotopic (exact) mass is 403 g/mol. The van der Waals surface area contributed by atoms with Crippen molar-refractivity contribution < 1.29 is 18.8 Å². The van der Waals surface area contributed by atoms with Crippen molar-refractivity contribution in [3.63, 3.8) is 0 Å². The van der Waals surface area contributed by atoms with Crippen molar-refractivity contribution in [3.8, 4) is 0 Å². The van der Waals surface area contributed by atoms with Gasteiger partial charge in [-0.1, -0.05) is 5.16 Å². The number of piperidine rings is 1. The first-order valence-corrected chi connectivity index (χ1v) is 10.3. The minimum absolute atomic E-state index is 0.135. The topological polar surface area (TPSA) is 95.5 Å². The maximum Gasteiger partial charge on any atom is 0.252 e. The van der Waals surface area contributed by atoms with Crippen LogP contribution in [0.4, 0.5) is 0 Å². The van der Waals surface area contributed by atoms with E-state index in [-0.39, 0.29) is 11.5 Å². The van der Waals surface area contributed by atoms with Crippen molar-refractivity contribution >= 4 is 5.91 Å². The second kappa shape index (κ2) is 8.62. The Morgan fingerprint density at radius 3 is 2.93 bits per heavy atom. The van der Waals surface area contributed by atoms with Crippen LogP contribution >= 0.6 is 0 Å². The number of ether oxygens (including phenoxy) is 2. The number of hydrogen-bond acceptors (Lipinski definition) is 7. The SMILES string of the molecule is COCc1nc(CC2CCOC3(CCN(C(=O)Cn4ccnc4C)CC3)C2)no1.